The van der Waals surface area contributed by atoms with Crippen molar-refractivity contribution in [2.75, 3.05) is 4.72 Å². The third kappa shape index (κ3) is 6.77. The van der Waals surface area contributed by atoms with E-state index in [9.17, 15) is 26.4 Å². The van der Waals surface area contributed by atoms with E-state index in [2.05, 4.69) is 10.0 Å². The molecule has 0 aliphatic heterocycles. The molecule has 1 aliphatic carbocycles. The summed E-state index contributed by atoms with van der Waals surface area (Å²) in [4.78, 5) is 12.1. The zero-order chi connectivity index (χ0) is 24.2. The molecule has 1 saturated carbocycles. The van der Waals surface area contributed by atoms with E-state index in [1.54, 1.807) is 6.92 Å². The molecule has 2 N–H and O–H groups in total. The molecule has 0 aromatic heterocycles. The normalized spacial score (nSPS) is 16.2. The number of halogens is 4. The van der Waals surface area contributed by atoms with Gasteiger partial charge in [0.15, 0.2) is 6.10 Å². The minimum absolute atomic E-state index is 0.138. The first-order valence-electron chi connectivity index (χ1n) is 10.4. The Morgan fingerprint density at radius 3 is 2.33 bits per heavy atom. The van der Waals surface area contributed by atoms with Crippen LogP contribution >= 0.6 is 11.6 Å². The summed E-state index contributed by atoms with van der Waals surface area (Å²) in [6.45, 7) is 1.60. The molecule has 0 unspecified atom stereocenters. The van der Waals surface area contributed by atoms with Crippen molar-refractivity contribution in [2.45, 2.75) is 62.2 Å². The second-order valence-corrected chi connectivity index (χ2v) is 9.96. The number of rotatable bonds is 7. The summed E-state index contributed by atoms with van der Waals surface area (Å²) >= 11 is 5.87. The topological polar surface area (TPSA) is 84.5 Å². The summed E-state index contributed by atoms with van der Waals surface area (Å²) in [7, 11) is -4.22. The number of alkyl halides is 3. The summed E-state index contributed by atoms with van der Waals surface area (Å²) in [5.74, 6) is 0.0248. The highest BCUT2D eigenvalue weighted by Gasteiger charge is 2.31. The molecule has 0 saturated heterocycles. The number of hydrogen-bond acceptors (Lipinski definition) is 4. The molecule has 0 spiro atoms. The second-order valence-electron chi connectivity index (χ2n) is 7.87. The van der Waals surface area contributed by atoms with Gasteiger partial charge in [0, 0.05) is 6.04 Å². The summed E-state index contributed by atoms with van der Waals surface area (Å²) in [5, 5.41) is 2.78. The first kappa shape index (κ1) is 25.2. The largest absolute Gasteiger partial charge is 0.481 e. The molecule has 3 rings (SSSR count). The van der Waals surface area contributed by atoms with Crippen LogP contribution in [-0.2, 0) is 21.0 Å². The lowest BCUT2D eigenvalue weighted by atomic mass is 9.95. The molecule has 1 fully saturated rings. The van der Waals surface area contributed by atoms with Gasteiger partial charge in [0.25, 0.3) is 15.9 Å². The van der Waals surface area contributed by atoms with Crippen molar-refractivity contribution in [1.82, 2.24) is 5.32 Å². The molecule has 0 bridgehead atoms. The number of ether oxygens (including phenoxy) is 1. The minimum atomic E-state index is -4.65. The van der Waals surface area contributed by atoms with E-state index < -0.39 is 27.9 Å². The SMILES string of the molecule is C[C@@H](Oc1ccc(S(=O)(=O)Nc2cc(C(F)(F)F)ccc2Cl)cc1)C(=O)NC1CCCCC1. The lowest BCUT2D eigenvalue weighted by molar-refractivity contribution is -0.137. The van der Waals surface area contributed by atoms with Crippen LogP contribution < -0.4 is 14.8 Å². The molecule has 1 atom stereocenters. The first-order valence-corrected chi connectivity index (χ1v) is 12.3. The van der Waals surface area contributed by atoms with Crippen LogP contribution in [0.3, 0.4) is 0 Å². The monoisotopic (exact) mass is 504 g/mol. The highest BCUT2D eigenvalue weighted by atomic mass is 35.5. The van der Waals surface area contributed by atoms with Crippen LogP contribution in [0, 0.1) is 0 Å². The van der Waals surface area contributed by atoms with Crippen molar-refractivity contribution < 1.29 is 31.1 Å². The minimum Gasteiger partial charge on any atom is -0.481 e. The second kappa shape index (κ2) is 10.2. The Morgan fingerprint density at radius 2 is 1.73 bits per heavy atom. The smallest absolute Gasteiger partial charge is 0.416 e. The van der Waals surface area contributed by atoms with Crippen molar-refractivity contribution in [3.63, 3.8) is 0 Å². The van der Waals surface area contributed by atoms with E-state index in [1.165, 1.54) is 30.7 Å². The van der Waals surface area contributed by atoms with Gasteiger partial charge in [0.1, 0.15) is 5.75 Å². The van der Waals surface area contributed by atoms with Crippen molar-refractivity contribution in [3.8, 4) is 5.75 Å². The number of sulfonamides is 1. The summed E-state index contributed by atoms with van der Waals surface area (Å²) in [5.41, 5.74) is -1.42. The third-order valence-corrected chi connectivity index (χ3v) is 7.02. The average molecular weight is 505 g/mol. The van der Waals surface area contributed by atoms with Gasteiger partial charge in [-0.1, -0.05) is 30.9 Å². The van der Waals surface area contributed by atoms with Gasteiger partial charge in [-0.2, -0.15) is 13.2 Å². The number of amides is 1. The molecular weight excluding hydrogens is 481 g/mol. The maximum absolute atomic E-state index is 12.9. The molecule has 1 amide bonds. The fourth-order valence-corrected chi connectivity index (χ4v) is 4.80. The molecule has 33 heavy (non-hydrogen) atoms. The molecule has 11 heteroatoms. The molecule has 2 aromatic rings. The quantitative estimate of drug-likeness (QED) is 0.530. The molecular formula is C22H24ClF3N2O4S. The number of nitrogens with one attached hydrogen (secondary N) is 2. The molecule has 0 radical (unpaired) electrons. The summed E-state index contributed by atoms with van der Waals surface area (Å²) < 4.78 is 71.7. The van der Waals surface area contributed by atoms with Gasteiger partial charge in [0.2, 0.25) is 0 Å². The zero-order valence-corrected chi connectivity index (χ0v) is 19.4. The third-order valence-electron chi connectivity index (χ3n) is 5.31. The Kier molecular flexibility index (Phi) is 7.79. The fourth-order valence-electron chi connectivity index (χ4n) is 3.50. The Hall–Kier alpha value is -2.46. The lowest BCUT2D eigenvalue weighted by Gasteiger charge is -2.24. The Balaban J connectivity index is 1.66. The Labute approximate surface area is 195 Å². The molecule has 1 aliphatic rings. The lowest BCUT2D eigenvalue weighted by Crippen LogP contribution is -2.43. The van der Waals surface area contributed by atoms with Crippen LogP contribution in [0.15, 0.2) is 47.4 Å². The van der Waals surface area contributed by atoms with E-state index >= 15 is 0 Å². The molecule has 0 heterocycles. The molecule has 6 nitrogen and oxygen atoms in total. The van der Waals surface area contributed by atoms with Crippen LogP contribution in [0.1, 0.15) is 44.6 Å². The van der Waals surface area contributed by atoms with Crippen LogP contribution in [0.25, 0.3) is 0 Å². The summed E-state index contributed by atoms with van der Waals surface area (Å²) in [6, 6.07) is 7.69. The maximum atomic E-state index is 12.9. The number of hydrogen-bond donors (Lipinski definition) is 2. The number of benzene rings is 2. The van der Waals surface area contributed by atoms with Gasteiger partial charge in [-0.05, 0) is 62.2 Å². The van der Waals surface area contributed by atoms with Gasteiger partial charge < -0.3 is 10.1 Å². The van der Waals surface area contributed by atoms with Gasteiger partial charge in [-0.15, -0.1) is 0 Å². The van der Waals surface area contributed by atoms with Crippen molar-refractivity contribution >= 4 is 33.2 Å². The van der Waals surface area contributed by atoms with Crippen molar-refractivity contribution in [2.24, 2.45) is 0 Å². The van der Waals surface area contributed by atoms with Crippen LogP contribution in [0.5, 0.6) is 5.75 Å². The van der Waals surface area contributed by atoms with Gasteiger partial charge in [-0.3, -0.25) is 9.52 Å². The molecule has 180 valence electrons. The van der Waals surface area contributed by atoms with Crippen molar-refractivity contribution in [1.29, 1.82) is 0 Å². The van der Waals surface area contributed by atoms with Crippen molar-refractivity contribution in [3.05, 3.63) is 53.1 Å². The maximum Gasteiger partial charge on any atom is 0.416 e. The van der Waals surface area contributed by atoms with E-state index in [-0.39, 0.29) is 33.3 Å². The predicted molar refractivity (Wildman–Crippen MR) is 119 cm³/mol. The highest BCUT2D eigenvalue weighted by Crippen LogP contribution is 2.34. The highest BCUT2D eigenvalue weighted by molar-refractivity contribution is 7.92. The van der Waals surface area contributed by atoms with E-state index in [0.29, 0.717) is 6.07 Å². The van der Waals surface area contributed by atoms with Gasteiger partial charge in [-0.25, -0.2) is 8.42 Å². The fraction of sp³-hybridized carbons (Fsp3) is 0.409. The Bertz CT molecular complexity index is 1090. The average Bonchev–Trinajstić information content (AvgIpc) is 2.75. The summed E-state index contributed by atoms with van der Waals surface area (Å²) in [6.07, 6.45) is -0.226. The van der Waals surface area contributed by atoms with Crippen LogP contribution in [0.4, 0.5) is 18.9 Å². The first-order chi connectivity index (χ1) is 15.5. The van der Waals surface area contributed by atoms with E-state index in [0.717, 1.165) is 37.8 Å². The van der Waals surface area contributed by atoms with Gasteiger partial charge >= 0.3 is 6.18 Å². The standard InChI is InChI=1S/C22H24ClF3N2O4S/c1-14(21(29)27-16-5-3-2-4-6-16)32-17-8-10-18(11-9-17)33(30,31)28-20-13-15(22(24,25)26)7-12-19(20)23/h7-14,16,28H,2-6H2,1H3,(H,27,29)/t14-/m1/s1. The zero-order valence-electron chi connectivity index (χ0n) is 17.8. The number of carbonyl (C=O) groups is 1. The van der Waals surface area contributed by atoms with Crippen LogP contribution in [-0.4, -0.2) is 26.5 Å². The number of carbonyl (C=O) groups excluding carboxylic acids is 1. The van der Waals surface area contributed by atoms with E-state index in [4.69, 9.17) is 16.3 Å². The number of anilines is 1. The predicted octanol–water partition coefficient (Wildman–Crippen LogP) is 5.38. The van der Waals surface area contributed by atoms with E-state index in [1.807, 2.05) is 0 Å². The van der Waals surface area contributed by atoms with Crippen LogP contribution in [0.2, 0.25) is 5.02 Å². The Morgan fingerprint density at radius 1 is 1.09 bits per heavy atom. The van der Waals surface area contributed by atoms with Gasteiger partial charge in [0.05, 0.1) is 21.2 Å². The molecule has 2 aromatic carbocycles.